The molecular weight excluding hydrogens is 362 g/mol. The second-order valence-corrected chi connectivity index (χ2v) is 9.78. The van der Waals surface area contributed by atoms with Crippen LogP contribution in [0.3, 0.4) is 0 Å². The Labute approximate surface area is 147 Å². The van der Waals surface area contributed by atoms with Gasteiger partial charge in [-0.2, -0.15) is 0 Å². The summed E-state index contributed by atoms with van der Waals surface area (Å²) >= 11 is 0. The van der Waals surface area contributed by atoms with Crippen molar-refractivity contribution in [3.8, 4) is 5.75 Å². The average molecular weight is 381 g/mol. The molecule has 0 bridgehead atoms. The molecule has 2 aromatic rings. The van der Waals surface area contributed by atoms with Crippen LogP contribution in [0.25, 0.3) is 0 Å². The Morgan fingerprint density at radius 1 is 1.00 bits per heavy atom. The molecule has 0 spiro atoms. The van der Waals surface area contributed by atoms with E-state index >= 15 is 0 Å². The fourth-order valence-electron chi connectivity index (χ4n) is 2.70. The van der Waals surface area contributed by atoms with Crippen molar-refractivity contribution < 1.29 is 21.6 Å². The maximum atomic E-state index is 12.6. The lowest BCUT2D eigenvalue weighted by Crippen LogP contribution is -2.27. The van der Waals surface area contributed by atoms with Gasteiger partial charge in [0.25, 0.3) is 0 Å². The topological polar surface area (TPSA) is 89.5 Å². The summed E-state index contributed by atoms with van der Waals surface area (Å²) in [6.45, 7) is 2.28. The molecule has 1 atom stereocenters. The predicted octanol–water partition coefficient (Wildman–Crippen LogP) is 2.06. The van der Waals surface area contributed by atoms with Gasteiger partial charge in [-0.25, -0.2) is 21.6 Å². The molecule has 0 saturated heterocycles. The molecule has 0 fully saturated rings. The summed E-state index contributed by atoms with van der Waals surface area (Å²) < 4.78 is 56.2. The Bertz CT molecular complexity index is 996. The summed E-state index contributed by atoms with van der Waals surface area (Å²) in [5, 5.41) is 0. The molecule has 6 nitrogen and oxygen atoms in total. The molecule has 0 aliphatic carbocycles. The number of hydrogen-bond donors (Lipinski definition) is 1. The highest BCUT2D eigenvalue weighted by atomic mass is 32.2. The van der Waals surface area contributed by atoms with Crippen molar-refractivity contribution in [2.24, 2.45) is 0 Å². The Balaban J connectivity index is 1.80. The van der Waals surface area contributed by atoms with E-state index in [0.717, 1.165) is 17.6 Å². The summed E-state index contributed by atoms with van der Waals surface area (Å²) in [7, 11) is -6.97. The minimum Gasteiger partial charge on any atom is -0.493 e. The van der Waals surface area contributed by atoms with Crippen LogP contribution in [0.15, 0.2) is 52.3 Å². The van der Waals surface area contributed by atoms with Gasteiger partial charge in [-0.15, -0.1) is 0 Å². The van der Waals surface area contributed by atoms with E-state index < -0.39 is 25.9 Å². The molecule has 25 heavy (non-hydrogen) atoms. The van der Waals surface area contributed by atoms with Crippen molar-refractivity contribution in [3.05, 3.63) is 53.6 Å². The molecule has 1 heterocycles. The summed E-state index contributed by atoms with van der Waals surface area (Å²) in [6.07, 6.45) is 1.83. The molecule has 134 valence electrons. The van der Waals surface area contributed by atoms with Crippen molar-refractivity contribution in [2.45, 2.75) is 29.2 Å². The monoisotopic (exact) mass is 381 g/mol. The second kappa shape index (κ2) is 6.44. The zero-order valence-electron chi connectivity index (χ0n) is 13.9. The predicted molar refractivity (Wildman–Crippen MR) is 93.9 cm³/mol. The maximum Gasteiger partial charge on any atom is 0.241 e. The highest BCUT2D eigenvalue weighted by Crippen LogP contribution is 2.28. The van der Waals surface area contributed by atoms with Crippen LogP contribution in [-0.2, 0) is 26.3 Å². The molecule has 0 aromatic heterocycles. The third-order valence-electron chi connectivity index (χ3n) is 4.11. The van der Waals surface area contributed by atoms with E-state index in [1.807, 2.05) is 0 Å². The Kier molecular flexibility index (Phi) is 4.61. The number of benzene rings is 2. The quantitative estimate of drug-likeness (QED) is 0.856. The minimum atomic E-state index is -3.69. The van der Waals surface area contributed by atoms with Gasteiger partial charge in [-0.3, -0.25) is 0 Å². The zero-order chi connectivity index (χ0) is 18.2. The van der Waals surface area contributed by atoms with Gasteiger partial charge in [-0.05, 0) is 48.4 Å². The Morgan fingerprint density at radius 2 is 1.64 bits per heavy atom. The number of ether oxygens (including phenoxy) is 1. The largest absolute Gasteiger partial charge is 0.493 e. The molecule has 1 N–H and O–H groups in total. The first-order valence-corrected chi connectivity index (χ1v) is 11.1. The van der Waals surface area contributed by atoms with Gasteiger partial charge in [0.2, 0.25) is 10.0 Å². The van der Waals surface area contributed by atoms with E-state index in [1.165, 1.54) is 18.2 Å². The zero-order valence-corrected chi connectivity index (χ0v) is 15.5. The number of hydrogen-bond acceptors (Lipinski definition) is 5. The van der Waals surface area contributed by atoms with Gasteiger partial charge in [0, 0.05) is 18.7 Å². The van der Waals surface area contributed by atoms with Crippen LogP contribution in [0.5, 0.6) is 5.75 Å². The summed E-state index contributed by atoms with van der Waals surface area (Å²) in [5.41, 5.74) is 1.56. The van der Waals surface area contributed by atoms with Crippen molar-refractivity contribution in [1.82, 2.24) is 4.72 Å². The van der Waals surface area contributed by atoms with Crippen LogP contribution in [0, 0.1) is 0 Å². The Hall–Kier alpha value is -1.90. The van der Waals surface area contributed by atoms with Crippen LogP contribution in [0.4, 0.5) is 0 Å². The summed E-state index contributed by atoms with van der Waals surface area (Å²) in [6, 6.07) is 10.5. The molecule has 0 unspecified atom stereocenters. The number of sulfone groups is 1. The van der Waals surface area contributed by atoms with Crippen LogP contribution in [0.1, 0.15) is 24.1 Å². The first kappa shape index (κ1) is 17.9. The van der Waals surface area contributed by atoms with E-state index in [4.69, 9.17) is 4.74 Å². The SMILES string of the molecule is C[C@@H](NS(=O)(=O)c1ccc2c(c1)CCO2)c1ccc(S(C)(=O)=O)cc1. The number of nitrogens with one attached hydrogen (secondary N) is 1. The van der Waals surface area contributed by atoms with Gasteiger partial charge in [0.1, 0.15) is 5.75 Å². The Morgan fingerprint density at radius 3 is 2.28 bits per heavy atom. The fourth-order valence-corrected chi connectivity index (χ4v) is 4.62. The molecule has 1 aliphatic rings. The van der Waals surface area contributed by atoms with Crippen LogP contribution in [0.2, 0.25) is 0 Å². The van der Waals surface area contributed by atoms with Gasteiger partial charge in [-0.1, -0.05) is 12.1 Å². The minimum absolute atomic E-state index is 0.191. The van der Waals surface area contributed by atoms with Crippen LogP contribution < -0.4 is 9.46 Å². The van der Waals surface area contributed by atoms with Gasteiger partial charge in [0.05, 0.1) is 16.4 Å². The molecule has 2 aromatic carbocycles. The van der Waals surface area contributed by atoms with Gasteiger partial charge in [0.15, 0.2) is 9.84 Å². The lowest BCUT2D eigenvalue weighted by Gasteiger charge is -2.15. The molecular formula is C17H19NO5S2. The molecule has 8 heteroatoms. The fraction of sp³-hybridized carbons (Fsp3) is 0.294. The maximum absolute atomic E-state index is 12.6. The lowest BCUT2D eigenvalue weighted by atomic mass is 10.1. The van der Waals surface area contributed by atoms with E-state index in [-0.39, 0.29) is 9.79 Å². The van der Waals surface area contributed by atoms with Crippen molar-refractivity contribution in [2.75, 3.05) is 12.9 Å². The van der Waals surface area contributed by atoms with E-state index in [9.17, 15) is 16.8 Å². The third kappa shape index (κ3) is 3.86. The highest BCUT2D eigenvalue weighted by molar-refractivity contribution is 7.90. The molecule has 0 saturated carbocycles. The molecule has 1 aliphatic heterocycles. The van der Waals surface area contributed by atoms with Crippen molar-refractivity contribution in [3.63, 3.8) is 0 Å². The standard InChI is InChI=1S/C17H19NO5S2/c1-12(13-3-5-15(6-4-13)24(2,19)20)18-25(21,22)16-7-8-17-14(11-16)9-10-23-17/h3-8,11-12,18H,9-10H2,1-2H3/t12-/m1/s1. The van der Waals surface area contributed by atoms with E-state index in [1.54, 1.807) is 31.2 Å². The molecule has 0 amide bonds. The van der Waals surface area contributed by atoms with E-state index in [2.05, 4.69) is 4.72 Å². The van der Waals surface area contributed by atoms with Crippen LogP contribution >= 0.6 is 0 Å². The highest BCUT2D eigenvalue weighted by Gasteiger charge is 2.22. The number of rotatable bonds is 5. The van der Waals surface area contributed by atoms with Crippen molar-refractivity contribution >= 4 is 19.9 Å². The van der Waals surface area contributed by atoms with Gasteiger partial charge >= 0.3 is 0 Å². The van der Waals surface area contributed by atoms with Gasteiger partial charge < -0.3 is 4.74 Å². The normalized spacial score (nSPS) is 15.4. The first-order chi connectivity index (χ1) is 11.7. The summed E-state index contributed by atoms with van der Waals surface area (Å²) in [4.78, 5) is 0.390. The smallest absolute Gasteiger partial charge is 0.241 e. The third-order valence-corrected chi connectivity index (χ3v) is 6.78. The van der Waals surface area contributed by atoms with Crippen LogP contribution in [-0.4, -0.2) is 29.7 Å². The summed E-state index contributed by atoms with van der Waals surface area (Å²) in [5.74, 6) is 0.725. The van der Waals surface area contributed by atoms with E-state index in [0.29, 0.717) is 18.6 Å². The van der Waals surface area contributed by atoms with Crippen molar-refractivity contribution in [1.29, 1.82) is 0 Å². The number of fused-ring (bicyclic) bond motifs is 1. The number of sulfonamides is 1. The first-order valence-electron chi connectivity index (χ1n) is 7.75. The average Bonchev–Trinajstić information content (AvgIpc) is 3.01. The second-order valence-electron chi connectivity index (χ2n) is 6.05. The molecule has 0 radical (unpaired) electrons. The molecule has 3 rings (SSSR count). The lowest BCUT2D eigenvalue weighted by molar-refractivity contribution is 0.356.